The first-order valence-corrected chi connectivity index (χ1v) is 10.9. The molecule has 1 amide bonds. The molecule has 0 unspecified atom stereocenters. The lowest BCUT2D eigenvalue weighted by Gasteiger charge is -2.09. The van der Waals surface area contributed by atoms with Crippen molar-refractivity contribution in [3.63, 3.8) is 0 Å². The summed E-state index contributed by atoms with van der Waals surface area (Å²) in [7, 11) is 1.45. The molecular weight excluding hydrogens is 444 g/mol. The lowest BCUT2D eigenvalue weighted by atomic mass is 10.1. The minimum atomic E-state index is -0.516. The molecule has 0 aliphatic heterocycles. The van der Waals surface area contributed by atoms with Crippen LogP contribution in [-0.4, -0.2) is 35.0 Å². The van der Waals surface area contributed by atoms with Crippen LogP contribution in [0, 0.1) is 6.92 Å². The predicted molar refractivity (Wildman–Crippen MR) is 133 cm³/mol. The highest BCUT2D eigenvalue weighted by atomic mass is 16.6. The molecule has 0 saturated heterocycles. The number of amides is 1. The van der Waals surface area contributed by atoms with Crippen LogP contribution in [0.2, 0.25) is 0 Å². The second kappa shape index (κ2) is 10.5. The first-order chi connectivity index (χ1) is 16.9. The average Bonchev–Trinajstić information content (AvgIpc) is 3.28. The van der Waals surface area contributed by atoms with E-state index in [9.17, 15) is 9.59 Å². The van der Waals surface area contributed by atoms with Crippen molar-refractivity contribution < 1.29 is 19.1 Å². The number of nitrogens with one attached hydrogen (secondary N) is 1. The number of hydrazone groups is 1. The largest absolute Gasteiger partial charge is 0.493 e. The van der Waals surface area contributed by atoms with Crippen molar-refractivity contribution in [2.75, 3.05) is 7.11 Å². The molecule has 0 aliphatic carbocycles. The van der Waals surface area contributed by atoms with E-state index >= 15 is 0 Å². The zero-order chi connectivity index (χ0) is 24.8. The molecule has 35 heavy (non-hydrogen) atoms. The van der Waals surface area contributed by atoms with E-state index in [4.69, 9.17) is 14.6 Å². The minimum absolute atomic E-state index is 0.155. The van der Waals surface area contributed by atoms with Gasteiger partial charge in [-0.25, -0.2) is 10.1 Å². The molecule has 1 aromatic heterocycles. The van der Waals surface area contributed by atoms with E-state index in [-0.39, 0.29) is 11.3 Å². The van der Waals surface area contributed by atoms with Crippen LogP contribution in [0.15, 0.2) is 84.1 Å². The third-order valence-electron chi connectivity index (χ3n) is 5.14. The molecule has 8 nitrogen and oxygen atoms in total. The van der Waals surface area contributed by atoms with Crippen molar-refractivity contribution >= 4 is 18.1 Å². The SMILES string of the molecule is COc1ccc(C(=O)N/N=C\c2cn(-c3ccccc3)nc2-c2ccc(C)cc2)cc1OC(C)=O. The van der Waals surface area contributed by atoms with Crippen LogP contribution in [0.4, 0.5) is 0 Å². The number of benzene rings is 3. The number of aryl methyl sites for hydroxylation is 1. The first kappa shape index (κ1) is 23.4. The molecular formula is C27H24N4O4. The monoisotopic (exact) mass is 468 g/mol. The van der Waals surface area contributed by atoms with Gasteiger partial charge in [-0.1, -0.05) is 48.0 Å². The number of esters is 1. The second-order valence-corrected chi connectivity index (χ2v) is 7.74. The number of nitrogens with zero attached hydrogens (tertiary/aromatic N) is 3. The van der Waals surface area contributed by atoms with Crippen molar-refractivity contribution in [2.24, 2.45) is 5.10 Å². The van der Waals surface area contributed by atoms with Gasteiger partial charge in [0.05, 0.1) is 19.0 Å². The quantitative estimate of drug-likeness (QED) is 0.186. The molecule has 4 rings (SSSR count). The third kappa shape index (κ3) is 5.62. The second-order valence-electron chi connectivity index (χ2n) is 7.74. The maximum Gasteiger partial charge on any atom is 0.308 e. The van der Waals surface area contributed by atoms with Crippen molar-refractivity contribution in [2.45, 2.75) is 13.8 Å². The zero-order valence-corrected chi connectivity index (χ0v) is 19.6. The normalized spacial score (nSPS) is 10.8. The number of ether oxygens (including phenoxy) is 2. The summed E-state index contributed by atoms with van der Waals surface area (Å²) in [5, 5.41) is 8.89. The van der Waals surface area contributed by atoms with Gasteiger partial charge in [-0.2, -0.15) is 10.2 Å². The Morgan fingerprint density at radius 3 is 2.43 bits per heavy atom. The summed E-state index contributed by atoms with van der Waals surface area (Å²) >= 11 is 0. The summed E-state index contributed by atoms with van der Waals surface area (Å²) in [6.07, 6.45) is 3.41. The Balaban J connectivity index is 1.59. The minimum Gasteiger partial charge on any atom is -0.493 e. The summed E-state index contributed by atoms with van der Waals surface area (Å²) in [4.78, 5) is 24.0. The average molecular weight is 469 g/mol. The smallest absolute Gasteiger partial charge is 0.308 e. The van der Waals surface area contributed by atoms with Crippen molar-refractivity contribution in [3.05, 3.63) is 95.7 Å². The number of hydrogen-bond donors (Lipinski definition) is 1. The molecule has 8 heteroatoms. The number of para-hydroxylation sites is 1. The van der Waals surface area contributed by atoms with E-state index in [1.807, 2.05) is 67.7 Å². The van der Waals surface area contributed by atoms with Crippen molar-refractivity contribution in [3.8, 4) is 28.4 Å². The molecule has 3 aromatic carbocycles. The van der Waals surface area contributed by atoms with E-state index in [2.05, 4.69) is 10.5 Å². The van der Waals surface area contributed by atoms with Crippen LogP contribution >= 0.6 is 0 Å². The van der Waals surface area contributed by atoms with Crippen LogP contribution in [-0.2, 0) is 4.79 Å². The number of carbonyl (C=O) groups is 2. The number of aromatic nitrogens is 2. The van der Waals surface area contributed by atoms with Gasteiger partial charge >= 0.3 is 5.97 Å². The van der Waals surface area contributed by atoms with Gasteiger partial charge in [-0.3, -0.25) is 9.59 Å². The van der Waals surface area contributed by atoms with E-state index in [0.29, 0.717) is 5.75 Å². The fraction of sp³-hybridized carbons (Fsp3) is 0.111. The molecule has 0 fully saturated rings. The highest BCUT2D eigenvalue weighted by molar-refractivity contribution is 5.96. The summed E-state index contributed by atoms with van der Waals surface area (Å²) in [5.74, 6) is -0.485. The summed E-state index contributed by atoms with van der Waals surface area (Å²) < 4.78 is 12.1. The lowest BCUT2D eigenvalue weighted by molar-refractivity contribution is -0.132. The zero-order valence-electron chi connectivity index (χ0n) is 19.6. The van der Waals surface area contributed by atoms with E-state index in [1.165, 1.54) is 20.1 Å². The Labute approximate surface area is 202 Å². The van der Waals surface area contributed by atoms with Gasteiger partial charge in [0.25, 0.3) is 5.91 Å². The number of rotatable bonds is 7. The highest BCUT2D eigenvalue weighted by Gasteiger charge is 2.14. The molecule has 176 valence electrons. The number of methoxy groups -OCH3 is 1. The van der Waals surface area contributed by atoms with E-state index in [0.717, 1.165) is 28.1 Å². The van der Waals surface area contributed by atoms with Gasteiger partial charge in [0.15, 0.2) is 11.5 Å². The topological polar surface area (TPSA) is 94.8 Å². The number of hydrogen-bond acceptors (Lipinski definition) is 6. The Hall–Kier alpha value is -4.72. The molecule has 0 bridgehead atoms. The van der Waals surface area contributed by atoms with Gasteiger partial charge in [-0.05, 0) is 37.3 Å². The maximum atomic E-state index is 12.7. The molecule has 0 saturated carbocycles. The van der Waals surface area contributed by atoms with Gasteiger partial charge < -0.3 is 9.47 Å². The van der Waals surface area contributed by atoms with Gasteiger partial charge in [-0.15, -0.1) is 0 Å². The van der Waals surface area contributed by atoms with E-state index < -0.39 is 11.9 Å². The van der Waals surface area contributed by atoms with E-state index in [1.54, 1.807) is 23.0 Å². The first-order valence-electron chi connectivity index (χ1n) is 10.9. The van der Waals surface area contributed by atoms with Crippen LogP contribution in [0.5, 0.6) is 11.5 Å². The Morgan fingerprint density at radius 1 is 1.00 bits per heavy atom. The van der Waals surface area contributed by atoms with Crippen LogP contribution < -0.4 is 14.9 Å². The third-order valence-corrected chi connectivity index (χ3v) is 5.14. The molecule has 0 aliphatic rings. The Bertz CT molecular complexity index is 1380. The molecule has 0 spiro atoms. The standard InChI is InChI=1S/C27H24N4O4/c1-18-9-11-20(12-10-18)26-22(17-31(30-26)23-7-5-4-6-8-23)16-28-29-27(33)21-13-14-24(34-3)25(15-21)35-19(2)32/h4-17H,1-3H3,(H,29,33)/b28-16-. The summed E-state index contributed by atoms with van der Waals surface area (Å²) in [5.41, 5.74) is 7.21. The molecule has 1 N–H and O–H groups in total. The van der Waals surface area contributed by atoms with Crippen LogP contribution in [0.25, 0.3) is 16.9 Å². The molecule has 1 heterocycles. The van der Waals surface area contributed by atoms with Gasteiger partial charge in [0, 0.05) is 29.8 Å². The van der Waals surface area contributed by atoms with Crippen molar-refractivity contribution in [1.29, 1.82) is 0 Å². The molecule has 4 aromatic rings. The maximum absolute atomic E-state index is 12.7. The van der Waals surface area contributed by atoms with Gasteiger partial charge in [0.1, 0.15) is 5.69 Å². The summed E-state index contributed by atoms with van der Waals surface area (Å²) in [6.45, 7) is 3.30. The molecule has 0 atom stereocenters. The number of carbonyl (C=O) groups excluding carboxylic acids is 2. The van der Waals surface area contributed by atoms with Gasteiger partial charge in [0.2, 0.25) is 0 Å². The van der Waals surface area contributed by atoms with Crippen LogP contribution in [0.1, 0.15) is 28.4 Å². The fourth-order valence-electron chi connectivity index (χ4n) is 3.41. The lowest BCUT2D eigenvalue weighted by Crippen LogP contribution is -2.18. The highest BCUT2D eigenvalue weighted by Crippen LogP contribution is 2.28. The Morgan fingerprint density at radius 2 is 1.74 bits per heavy atom. The predicted octanol–water partition coefficient (Wildman–Crippen LogP) is 4.55. The van der Waals surface area contributed by atoms with Crippen LogP contribution in [0.3, 0.4) is 0 Å². The summed E-state index contributed by atoms with van der Waals surface area (Å²) in [6, 6.07) is 22.3. The Kier molecular flexibility index (Phi) is 7.02. The molecule has 0 radical (unpaired) electrons. The van der Waals surface area contributed by atoms with Crippen molar-refractivity contribution in [1.82, 2.24) is 15.2 Å². The fourth-order valence-corrected chi connectivity index (χ4v) is 3.41.